The number of aliphatic hydroxyl groups excluding tert-OH is 1. The van der Waals surface area contributed by atoms with E-state index >= 15 is 0 Å². The van der Waals surface area contributed by atoms with Gasteiger partial charge in [-0.25, -0.2) is 4.98 Å². The van der Waals surface area contributed by atoms with Crippen molar-refractivity contribution in [1.29, 1.82) is 0 Å². The number of pyridine rings is 1. The molecule has 94 valence electrons. The van der Waals surface area contributed by atoms with Gasteiger partial charge in [-0.15, -0.1) is 0 Å². The lowest BCUT2D eigenvalue weighted by atomic mass is 10.1. The van der Waals surface area contributed by atoms with Crippen LogP contribution in [0.4, 0.5) is 0 Å². The van der Waals surface area contributed by atoms with Crippen molar-refractivity contribution < 1.29 is 9.84 Å². The van der Waals surface area contributed by atoms with Crippen molar-refractivity contribution in [2.75, 3.05) is 0 Å². The van der Waals surface area contributed by atoms with Gasteiger partial charge in [-0.3, -0.25) is 0 Å². The van der Waals surface area contributed by atoms with Crippen LogP contribution in [0.25, 0.3) is 0 Å². The van der Waals surface area contributed by atoms with Crippen molar-refractivity contribution in [2.24, 2.45) is 0 Å². The zero-order valence-corrected chi connectivity index (χ0v) is 10.5. The minimum absolute atomic E-state index is 0.00564. The van der Waals surface area contributed by atoms with Crippen LogP contribution in [0, 0.1) is 0 Å². The number of hydrogen-bond acceptors (Lipinski definition) is 3. The molecule has 0 spiro atoms. The van der Waals surface area contributed by atoms with E-state index in [-0.39, 0.29) is 6.61 Å². The first kappa shape index (κ1) is 12.6. The van der Waals surface area contributed by atoms with Gasteiger partial charge in [-0.1, -0.05) is 25.5 Å². The molecule has 0 unspecified atom stereocenters. The number of aromatic nitrogens is 1. The number of hydrogen-bond donors (Lipinski definition) is 1. The van der Waals surface area contributed by atoms with Crippen LogP contribution >= 0.6 is 0 Å². The molecule has 3 nitrogen and oxygen atoms in total. The zero-order valence-electron chi connectivity index (χ0n) is 10.5. The number of rotatable bonds is 5. The Morgan fingerprint density at radius 2 is 1.89 bits per heavy atom. The van der Waals surface area contributed by atoms with Crippen LogP contribution < -0.4 is 4.74 Å². The summed E-state index contributed by atoms with van der Waals surface area (Å²) in [4.78, 5) is 4.11. The number of benzene rings is 1. The molecule has 1 heterocycles. The molecule has 18 heavy (non-hydrogen) atoms. The van der Waals surface area contributed by atoms with E-state index in [1.54, 1.807) is 18.3 Å². The average Bonchev–Trinajstić information content (AvgIpc) is 2.42. The predicted octanol–water partition coefficient (Wildman–Crippen LogP) is 3.32. The van der Waals surface area contributed by atoms with E-state index in [9.17, 15) is 0 Å². The van der Waals surface area contributed by atoms with E-state index in [4.69, 9.17) is 9.84 Å². The maximum absolute atomic E-state index is 9.04. The van der Waals surface area contributed by atoms with Gasteiger partial charge < -0.3 is 9.84 Å². The smallest absolute Gasteiger partial charge is 0.219 e. The van der Waals surface area contributed by atoms with Crippen LogP contribution in [0.3, 0.4) is 0 Å². The van der Waals surface area contributed by atoms with E-state index < -0.39 is 0 Å². The molecular weight excluding hydrogens is 226 g/mol. The molecule has 0 saturated heterocycles. The summed E-state index contributed by atoms with van der Waals surface area (Å²) in [6.45, 7) is 2.16. The topological polar surface area (TPSA) is 42.4 Å². The highest BCUT2D eigenvalue weighted by Gasteiger charge is 2.00. The molecule has 2 aromatic rings. The Labute approximate surface area is 107 Å². The predicted molar refractivity (Wildman–Crippen MR) is 70.7 cm³/mol. The first-order valence-corrected chi connectivity index (χ1v) is 6.14. The lowest BCUT2D eigenvalue weighted by Crippen LogP contribution is -1.91. The van der Waals surface area contributed by atoms with Gasteiger partial charge in [-0.05, 0) is 35.7 Å². The van der Waals surface area contributed by atoms with Crippen molar-refractivity contribution >= 4 is 0 Å². The first-order valence-electron chi connectivity index (χ1n) is 6.14. The molecular formula is C15H17NO2. The molecule has 0 fully saturated rings. The lowest BCUT2D eigenvalue weighted by Gasteiger charge is -2.06. The normalized spacial score (nSPS) is 10.3. The standard InChI is InChI=1S/C15H17NO2/c1-2-3-12-4-6-14(7-5-12)18-15-10-13(11-17)8-9-16-15/h4-10,17H,2-3,11H2,1H3. The van der Waals surface area contributed by atoms with E-state index in [0.29, 0.717) is 5.88 Å². The van der Waals surface area contributed by atoms with Crippen LogP contribution in [0.15, 0.2) is 42.6 Å². The maximum atomic E-state index is 9.04. The summed E-state index contributed by atoms with van der Waals surface area (Å²) in [6.07, 6.45) is 3.85. The molecule has 1 aromatic heterocycles. The fourth-order valence-corrected chi connectivity index (χ4v) is 1.74. The molecule has 1 aromatic carbocycles. The van der Waals surface area contributed by atoms with Gasteiger partial charge in [0.05, 0.1) is 6.61 Å². The second-order valence-corrected chi connectivity index (χ2v) is 4.16. The molecule has 0 amide bonds. The third-order valence-corrected chi connectivity index (χ3v) is 2.67. The lowest BCUT2D eigenvalue weighted by molar-refractivity contribution is 0.281. The number of ether oxygens (including phenoxy) is 1. The summed E-state index contributed by atoms with van der Waals surface area (Å²) in [7, 11) is 0. The number of aliphatic hydroxyl groups is 1. The second-order valence-electron chi connectivity index (χ2n) is 4.16. The van der Waals surface area contributed by atoms with Crippen LogP contribution in [-0.4, -0.2) is 10.1 Å². The van der Waals surface area contributed by atoms with Crippen molar-refractivity contribution in [3.05, 3.63) is 53.7 Å². The summed E-state index contributed by atoms with van der Waals surface area (Å²) in [6, 6.07) is 11.5. The highest BCUT2D eigenvalue weighted by Crippen LogP contribution is 2.20. The Morgan fingerprint density at radius 3 is 2.56 bits per heavy atom. The van der Waals surface area contributed by atoms with Crippen LogP contribution in [0.5, 0.6) is 11.6 Å². The number of aryl methyl sites for hydroxylation is 1. The third kappa shape index (κ3) is 3.31. The van der Waals surface area contributed by atoms with Crippen LogP contribution in [0.2, 0.25) is 0 Å². The summed E-state index contributed by atoms with van der Waals surface area (Å²) < 4.78 is 5.63. The molecule has 0 aliphatic rings. The Kier molecular flexibility index (Phi) is 4.31. The SMILES string of the molecule is CCCc1ccc(Oc2cc(CO)ccn2)cc1. The van der Waals surface area contributed by atoms with Crippen LogP contribution in [-0.2, 0) is 13.0 Å². The Balaban J connectivity index is 2.08. The molecule has 0 bridgehead atoms. The summed E-state index contributed by atoms with van der Waals surface area (Å²) in [5.41, 5.74) is 2.10. The Hall–Kier alpha value is -1.87. The number of nitrogens with zero attached hydrogens (tertiary/aromatic N) is 1. The summed E-state index contributed by atoms with van der Waals surface area (Å²) >= 11 is 0. The third-order valence-electron chi connectivity index (χ3n) is 2.67. The van der Waals surface area contributed by atoms with Gasteiger partial charge in [0.1, 0.15) is 5.75 Å². The first-order chi connectivity index (χ1) is 8.81. The molecule has 0 aliphatic carbocycles. The van der Waals surface area contributed by atoms with E-state index in [1.807, 2.05) is 12.1 Å². The molecule has 0 atom stereocenters. The quantitative estimate of drug-likeness (QED) is 0.876. The highest BCUT2D eigenvalue weighted by molar-refractivity contribution is 5.31. The molecule has 1 N–H and O–H groups in total. The Bertz CT molecular complexity index is 494. The molecule has 2 rings (SSSR count). The Morgan fingerprint density at radius 1 is 1.11 bits per heavy atom. The molecule has 0 radical (unpaired) electrons. The highest BCUT2D eigenvalue weighted by atomic mass is 16.5. The summed E-state index contributed by atoms with van der Waals surface area (Å²) in [5.74, 6) is 1.27. The second kappa shape index (κ2) is 6.17. The molecule has 0 saturated carbocycles. The van der Waals surface area contributed by atoms with Crippen molar-refractivity contribution in [3.8, 4) is 11.6 Å². The van der Waals surface area contributed by atoms with Gasteiger partial charge >= 0.3 is 0 Å². The van der Waals surface area contributed by atoms with Gasteiger partial charge in [0.15, 0.2) is 0 Å². The summed E-state index contributed by atoms with van der Waals surface area (Å²) in [5, 5.41) is 9.04. The molecule has 3 heteroatoms. The van der Waals surface area contributed by atoms with Gasteiger partial charge in [0, 0.05) is 12.3 Å². The van der Waals surface area contributed by atoms with Crippen molar-refractivity contribution in [3.63, 3.8) is 0 Å². The van der Waals surface area contributed by atoms with Crippen molar-refractivity contribution in [2.45, 2.75) is 26.4 Å². The van der Waals surface area contributed by atoms with Crippen molar-refractivity contribution in [1.82, 2.24) is 4.98 Å². The zero-order chi connectivity index (χ0) is 12.8. The van der Waals surface area contributed by atoms with Gasteiger partial charge in [0.25, 0.3) is 0 Å². The monoisotopic (exact) mass is 243 g/mol. The minimum Gasteiger partial charge on any atom is -0.439 e. The van der Waals surface area contributed by atoms with Gasteiger partial charge in [-0.2, -0.15) is 0 Å². The fraction of sp³-hybridized carbons (Fsp3) is 0.267. The maximum Gasteiger partial charge on any atom is 0.219 e. The van der Waals surface area contributed by atoms with E-state index in [1.165, 1.54) is 5.56 Å². The van der Waals surface area contributed by atoms with Crippen LogP contribution in [0.1, 0.15) is 24.5 Å². The molecule has 0 aliphatic heterocycles. The van der Waals surface area contributed by atoms with Gasteiger partial charge in [0.2, 0.25) is 5.88 Å². The largest absolute Gasteiger partial charge is 0.439 e. The van der Waals surface area contributed by atoms with E-state index in [2.05, 4.69) is 24.0 Å². The minimum atomic E-state index is -0.00564. The fourth-order valence-electron chi connectivity index (χ4n) is 1.74. The average molecular weight is 243 g/mol. The van der Waals surface area contributed by atoms with E-state index in [0.717, 1.165) is 24.2 Å².